The molecule has 1 N–H and O–H groups in total. The normalized spacial score (nSPS) is 26.3. The van der Waals surface area contributed by atoms with Crippen LogP contribution in [0.1, 0.15) is 24.8 Å². The maximum absolute atomic E-state index is 14.5. The zero-order valence-corrected chi connectivity index (χ0v) is 18.3. The third-order valence-corrected chi connectivity index (χ3v) is 6.64. The molecule has 3 unspecified atom stereocenters. The number of alkyl halides is 1. The number of hydrogen-bond acceptors (Lipinski definition) is 4. The van der Waals surface area contributed by atoms with Crippen LogP contribution in [-0.2, 0) is 4.79 Å². The molecular weight excluding hydrogens is 407 g/mol. The van der Waals surface area contributed by atoms with Gasteiger partial charge in [-0.3, -0.25) is 15.0 Å². The van der Waals surface area contributed by atoms with Crippen LogP contribution in [0.25, 0.3) is 5.57 Å². The lowest BCUT2D eigenvalue weighted by Crippen LogP contribution is -2.47. The van der Waals surface area contributed by atoms with Gasteiger partial charge < -0.3 is 9.47 Å². The summed E-state index contributed by atoms with van der Waals surface area (Å²) in [6.07, 6.45) is 12.4. The monoisotopic (exact) mass is 434 g/mol. The van der Waals surface area contributed by atoms with E-state index in [1.807, 2.05) is 36.6 Å². The number of methoxy groups -OCH3 is 2. The van der Waals surface area contributed by atoms with E-state index in [1.165, 1.54) is 6.08 Å². The third kappa shape index (κ3) is 3.39. The van der Waals surface area contributed by atoms with Crippen LogP contribution >= 0.6 is 0 Å². The maximum Gasteiger partial charge on any atom is 0.259 e. The summed E-state index contributed by atoms with van der Waals surface area (Å²) in [4.78, 5) is 15.5. The van der Waals surface area contributed by atoms with Crippen molar-refractivity contribution >= 4 is 11.5 Å². The van der Waals surface area contributed by atoms with Gasteiger partial charge in [-0.2, -0.15) is 0 Å². The second-order valence-corrected chi connectivity index (χ2v) is 8.39. The van der Waals surface area contributed by atoms with Gasteiger partial charge in [0.1, 0.15) is 12.3 Å². The number of nitrogens with one attached hydrogen (secondary N) is 1. The summed E-state index contributed by atoms with van der Waals surface area (Å²) in [5.74, 6) is 0.946. The smallest absolute Gasteiger partial charge is 0.259 e. The van der Waals surface area contributed by atoms with Crippen molar-refractivity contribution in [1.29, 1.82) is 0 Å². The van der Waals surface area contributed by atoms with Crippen molar-refractivity contribution < 1.29 is 18.7 Å². The Labute approximate surface area is 187 Å². The van der Waals surface area contributed by atoms with Crippen molar-refractivity contribution in [2.24, 2.45) is 5.92 Å². The average molecular weight is 435 g/mol. The lowest BCUT2D eigenvalue weighted by molar-refractivity contribution is -0.125. The average Bonchev–Trinajstić information content (AvgIpc) is 3.23. The molecule has 4 aliphatic rings. The molecule has 0 aromatic heterocycles. The molecule has 5 nitrogen and oxygen atoms in total. The number of allylic oxidation sites excluding steroid dienone is 4. The maximum atomic E-state index is 14.5. The topological polar surface area (TPSA) is 50.8 Å². The van der Waals surface area contributed by atoms with Gasteiger partial charge in [0.05, 0.1) is 14.2 Å². The first-order valence-electron chi connectivity index (χ1n) is 11.1. The predicted molar refractivity (Wildman–Crippen MR) is 122 cm³/mol. The van der Waals surface area contributed by atoms with Crippen LogP contribution in [0.2, 0.25) is 0 Å². The van der Waals surface area contributed by atoms with Crippen LogP contribution < -0.4 is 14.8 Å². The van der Waals surface area contributed by atoms with Gasteiger partial charge in [0.25, 0.3) is 5.91 Å². The fourth-order valence-electron chi connectivity index (χ4n) is 5.02. The predicted octanol–water partition coefficient (Wildman–Crippen LogP) is 4.30. The van der Waals surface area contributed by atoms with Gasteiger partial charge in [-0.15, -0.1) is 0 Å². The van der Waals surface area contributed by atoms with E-state index in [1.54, 1.807) is 25.2 Å². The summed E-state index contributed by atoms with van der Waals surface area (Å²) < 4.78 is 25.3. The van der Waals surface area contributed by atoms with Gasteiger partial charge in [0.15, 0.2) is 11.5 Å². The Hall–Kier alpha value is -3.12. The summed E-state index contributed by atoms with van der Waals surface area (Å²) in [6.45, 7) is 0.793. The molecule has 2 aliphatic heterocycles. The van der Waals surface area contributed by atoms with E-state index in [0.29, 0.717) is 17.1 Å². The Morgan fingerprint density at radius 3 is 2.81 bits per heavy atom. The Morgan fingerprint density at radius 2 is 2.00 bits per heavy atom. The lowest BCUT2D eigenvalue weighted by Gasteiger charge is -2.32. The lowest BCUT2D eigenvalue weighted by atomic mass is 9.79. The number of fused-ring (bicyclic) bond motifs is 2. The molecule has 0 fully saturated rings. The minimum Gasteiger partial charge on any atom is -0.493 e. The number of carbonyl (C=O) groups excluding carboxylic acids is 1. The van der Waals surface area contributed by atoms with E-state index in [-0.39, 0.29) is 18.0 Å². The molecule has 0 saturated carbocycles. The molecule has 2 aliphatic carbocycles. The summed E-state index contributed by atoms with van der Waals surface area (Å²) in [5, 5.41) is 3.47. The van der Waals surface area contributed by atoms with E-state index in [4.69, 9.17) is 9.47 Å². The number of benzene rings is 1. The number of rotatable bonds is 4. The highest BCUT2D eigenvalue weighted by atomic mass is 19.1. The first kappa shape index (κ1) is 20.8. The van der Waals surface area contributed by atoms with E-state index in [0.717, 1.165) is 48.1 Å². The number of amides is 1. The first-order chi connectivity index (χ1) is 15.6. The Balaban J connectivity index is 1.55. The SMILES string of the molecule is COc1ccc(C2=CN(C(=O)C3=C4C=CCCC4C(F)C=C3)C3NCCC=C23)cc1OC. The molecule has 1 aromatic carbocycles. The van der Waals surface area contributed by atoms with Crippen molar-refractivity contribution in [3.8, 4) is 11.5 Å². The Kier molecular flexibility index (Phi) is 5.47. The van der Waals surface area contributed by atoms with E-state index in [9.17, 15) is 9.18 Å². The van der Waals surface area contributed by atoms with E-state index in [2.05, 4.69) is 11.4 Å². The highest BCUT2D eigenvalue weighted by Gasteiger charge is 2.39. The van der Waals surface area contributed by atoms with Crippen molar-refractivity contribution in [3.05, 3.63) is 77.1 Å². The summed E-state index contributed by atoms with van der Waals surface area (Å²) >= 11 is 0. The minimum atomic E-state index is -1.04. The van der Waals surface area contributed by atoms with Crippen molar-refractivity contribution in [2.75, 3.05) is 20.8 Å². The van der Waals surface area contributed by atoms with Crippen LogP contribution in [0, 0.1) is 5.92 Å². The largest absolute Gasteiger partial charge is 0.493 e. The zero-order valence-electron chi connectivity index (χ0n) is 18.3. The van der Waals surface area contributed by atoms with Crippen molar-refractivity contribution in [1.82, 2.24) is 10.2 Å². The molecule has 0 saturated heterocycles. The standard InChI is InChI=1S/C26H27FN2O3/c1-31-23-12-9-16(14-24(23)32-2)21-15-29(25-19(21)8-5-13-28-25)26(30)20-10-11-22(27)18-7-4-3-6-17(18)20/h3,6,8-12,14-15,18,22,25,28H,4-5,7,13H2,1-2H3. The molecule has 2 heterocycles. The molecule has 0 bridgehead atoms. The fourth-order valence-corrected chi connectivity index (χ4v) is 5.02. The summed E-state index contributed by atoms with van der Waals surface area (Å²) in [7, 11) is 3.22. The van der Waals surface area contributed by atoms with Crippen LogP contribution in [0.4, 0.5) is 4.39 Å². The molecule has 5 rings (SSSR count). The number of ether oxygens (including phenoxy) is 2. The quantitative estimate of drug-likeness (QED) is 0.768. The van der Waals surface area contributed by atoms with Crippen LogP contribution in [0.15, 0.2) is 71.5 Å². The molecular formula is C26H27FN2O3. The highest BCUT2D eigenvalue weighted by Crippen LogP contribution is 2.41. The first-order valence-corrected chi connectivity index (χ1v) is 11.1. The van der Waals surface area contributed by atoms with Crippen LogP contribution in [0.3, 0.4) is 0 Å². The Bertz CT molecular complexity index is 1100. The Morgan fingerprint density at radius 1 is 1.16 bits per heavy atom. The van der Waals surface area contributed by atoms with Gasteiger partial charge in [0, 0.05) is 29.8 Å². The van der Waals surface area contributed by atoms with E-state index >= 15 is 0 Å². The fraction of sp³-hybridized carbons (Fsp3) is 0.346. The molecule has 166 valence electrons. The zero-order chi connectivity index (χ0) is 22.2. The number of nitrogens with zero attached hydrogens (tertiary/aromatic N) is 1. The molecule has 3 atom stereocenters. The molecule has 6 heteroatoms. The van der Waals surface area contributed by atoms with Crippen molar-refractivity contribution in [3.63, 3.8) is 0 Å². The summed E-state index contributed by atoms with van der Waals surface area (Å²) in [5.41, 5.74) is 4.39. The third-order valence-electron chi connectivity index (χ3n) is 6.64. The molecule has 1 aromatic rings. The van der Waals surface area contributed by atoms with Gasteiger partial charge >= 0.3 is 0 Å². The second-order valence-electron chi connectivity index (χ2n) is 8.39. The second kappa shape index (κ2) is 8.43. The van der Waals surface area contributed by atoms with Gasteiger partial charge in [-0.05, 0) is 54.2 Å². The van der Waals surface area contributed by atoms with Crippen LogP contribution in [-0.4, -0.2) is 43.9 Å². The van der Waals surface area contributed by atoms with Gasteiger partial charge in [0.2, 0.25) is 0 Å². The minimum absolute atomic E-state index is 0.111. The number of hydrogen-bond donors (Lipinski definition) is 1. The van der Waals surface area contributed by atoms with Gasteiger partial charge in [-0.1, -0.05) is 30.4 Å². The molecule has 32 heavy (non-hydrogen) atoms. The van der Waals surface area contributed by atoms with Crippen molar-refractivity contribution in [2.45, 2.75) is 31.6 Å². The number of halogens is 1. The molecule has 1 amide bonds. The summed E-state index contributed by atoms with van der Waals surface area (Å²) in [6, 6.07) is 5.78. The number of carbonyl (C=O) groups is 1. The highest BCUT2D eigenvalue weighted by molar-refractivity contribution is 6.02. The van der Waals surface area contributed by atoms with Gasteiger partial charge in [-0.25, -0.2) is 4.39 Å². The van der Waals surface area contributed by atoms with Crippen LogP contribution in [0.5, 0.6) is 11.5 Å². The molecule has 0 spiro atoms. The van der Waals surface area contributed by atoms with E-state index < -0.39 is 6.17 Å². The molecule has 0 radical (unpaired) electrons.